The summed E-state index contributed by atoms with van der Waals surface area (Å²) in [6.45, 7) is 7.58. The van der Waals surface area contributed by atoms with Crippen LogP contribution >= 0.6 is 0 Å². The van der Waals surface area contributed by atoms with Crippen molar-refractivity contribution in [3.8, 4) is 0 Å². The second-order valence-electron chi connectivity index (χ2n) is 3.68. The third-order valence-corrected chi connectivity index (χ3v) is 1.83. The van der Waals surface area contributed by atoms with Crippen LogP contribution in [0.2, 0.25) is 0 Å². The fraction of sp³-hybridized carbons (Fsp3) is 0.636. The van der Waals surface area contributed by atoms with E-state index in [0.717, 1.165) is 24.5 Å². The highest BCUT2D eigenvalue weighted by Gasteiger charge is 1.99. The smallest absolute Gasteiger partial charge is 0.144 e. The van der Waals surface area contributed by atoms with E-state index in [9.17, 15) is 0 Å². The van der Waals surface area contributed by atoms with Crippen molar-refractivity contribution in [2.45, 2.75) is 39.9 Å². The topological polar surface area (TPSA) is 47.0 Å². The Kier molecular flexibility index (Phi) is 5.04. The van der Waals surface area contributed by atoms with Crippen LogP contribution in [0.5, 0.6) is 0 Å². The van der Waals surface area contributed by atoms with Crippen LogP contribution in [0.4, 0.5) is 5.82 Å². The molecule has 1 rings (SSSR count). The molecule has 0 bridgehead atoms. The number of ether oxygens (including phenoxy) is 1. The summed E-state index contributed by atoms with van der Waals surface area (Å²) in [5.74, 6) is 0.824. The van der Waals surface area contributed by atoms with Crippen molar-refractivity contribution in [3.05, 3.63) is 18.1 Å². The molecule has 0 atom stereocenters. The molecule has 1 N–H and O–H groups in total. The maximum Gasteiger partial charge on any atom is 0.144 e. The minimum Gasteiger partial charge on any atom is -0.372 e. The summed E-state index contributed by atoms with van der Waals surface area (Å²) in [5.41, 5.74) is 0.866. The second kappa shape index (κ2) is 6.35. The number of rotatable bonds is 6. The largest absolute Gasteiger partial charge is 0.372 e. The number of anilines is 1. The van der Waals surface area contributed by atoms with E-state index in [0.29, 0.717) is 6.61 Å². The lowest BCUT2D eigenvalue weighted by Crippen LogP contribution is -2.06. The van der Waals surface area contributed by atoms with Gasteiger partial charge in [0.25, 0.3) is 0 Å². The predicted octanol–water partition coefficient (Wildman–Crippen LogP) is 2.22. The van der Waals surface area contributed by atoms with Crippen LogP contribution in [0.25, 0.3) is 0 Å². The van der Waals surface area contributed by atoms with Crippen LogP contribution in [-0.4, -0.2) is 22.6 Å². The quantitative estimate of drug-likeness (QED) is 0.780. The summed E-state index contributed by atoms with van der Waals surface area (Å²) in [7, 11) is 0. The van der Waals surface area contributed by atoms with Crippen molar-refractivity contribution in [1.82, 2.24) is 9.97 Å². The standard InChI is InChI=1S/C11H19N3O/c1-4-5-12-11-7-13-10(6-14-11)8-15-9(2)3/h6-7,9H,4-5,8H2,1-3H3,(H,12,14). The van der Waals surface area contributed by atoms with E-state index < -0.39 is 0 Å². The Hall–Kier alpha value is -1.16. The first-order valence-electron chi connectivity index (χ1n) is 5.38. The van der Waals surface area contributed by atoms with Gasteiger partial charge in [-0.15, -0.1) is 0 Å². The molecule has 0 saturated heterocycles. The van der Waals surface area contributed by atoms with Gasteiger partial charge in [0.1, 0.15) is 5.82 Å². The summed E-state index contributed by atoms with van der Waals surface area (Å²) in [5, 5.41) is 3.17. The molecule has 0 spiro atoms. The van der Waals surface area contributed by atoms with Gasteiger partial charge >= 0.3 is 0 Å². The van der Waals surface area contributed by atoms with Crippen LogP contribution in [-0.2, 0) is 11.3 Å². The first kappa shape index (κ1) is 11.9. The van der Waals surface area contributed by atoms with Gasteiger partial charge in [0.2, 0.25) is 0 Å². The monoisotopic (exact) mass is 209 g/mol. The summed E-state index contributed by atoms with van der Waals surface area (Å²) in [4.78, 5) is 8.49. The Bertz CT molecular complexity index is 272. The highest BCUT2D eigenvalue weighted by molar-refractivity contribution is 5.30. The zero-order valence-electron chi connectivity index (χ0n) is 9.66. The van der Waals surface area contributed by atoms with E-state index in [1.807, 2.05) is 13.8 Å². The Morgan fingerprint density at radius 2 is 2.13 bits per heavy atom. The van der Waals surface area contributed by atoms with E-state index in [1.165, 1.54) is 0 Å². The Morgan fingerprint density at radius 3 is 2.67 bits per heavy atom. The lowest BCUT2D eigenvalue weighted by atomic mass is 10.4. The molecule has 1 aromatic rings. The SMILES string of the molecule is CCCNc1cnc(COC(C)C)cn1. The number of nitrogens with zero attached hydrogens (tertiary/aromatic N) is 2. The molecule has 0 aromatic carbocycles. The van der Waals surface area contributed by atoms with Crippen molar-refractivity contribution < 1.29 is 4.74 Å². The highest BCUT2D eigenvalue weighted by Crippen LogP contribution is 2.03. The lowest BCUT2D eigenvalue weighted by molar-refractivity contribution is 0.0634. The maximum absolute atomic E-state index is 5.43. The maximum atomic E-state index is 5.43. The van der Waals surface area contributed by atoms with Gasteiger partial charge in [0, 0.05) is 6.54 Å². The third kappa shape index (κ3) is 4.74. The summed E-state index contributed by atoms with van der Waals surface area (Å²) >= 11 is 0. The van der Waals surface area contributed by atoms with Crippen molar-refractivity contribution in [2.24, 2.45) is 0 Å². The molecule has 0 aliphatic carbocycles. The molecule has 0 aliphatic heterocycles. The average Bonchev–Trinajstić information content (AvgIpc) is 2.25. The highest BCUT2D eigenvalue weighted by atomic mass is 16.5. The van der Waals surface area contributed by atoms with Gasteiger partial charge in [0.05, 0.1) is 30.8 Å². The Morgan fingerprint density at radius 1 is 1.33 bits per heavy atom. The molecular weight excluding hydrogens is 190 g/mol. The van der Waals surface area contributed by atoms with Gasteiger partial charge in [-0.25, -0.2) is 4.98 Å². The minimum atomic E-state index is 0.227. The van der Waals surface area contributed by atoms with Crippen LogP contribution < -0.4 is 5.32 Å². The van der Waals surface area contributed by atoms with Crippen LogP contribution in [0, 0.1) is 0 Å². The van der Waals surface area contributed by atoms with Gasteiger partial charge in [-0.2, -0.15) is 0 Å². The van der Waals surface area contributed by atoms with E-state index in [2.05, 4.69) is 22.2 Å². The molecule has 1 heterocycles. The molecule has 0 aliphatic rings. The molecule has 0 fully saturated rings. The normalized spacial score (nSPS) is 10.7. The molecule has 0 unspecified atom stereocenters. The van der Waals surface area contributed by atoms with Crippen LogP contribution in [0.3, 0.4) is 0 Å². The first-order chi connectivity index (χ1) is 7.22. The first-order valence-corrected chi connectivity index (χ1v) is 5.38. The molecule has 0 saturated carbocycles. The second-order valence-corrected chi connectivity index (χ2v) is 3.68. The molecule has 1 aromatic heterocycles. The molecular formula is C11H19N3O. The van der Waals surface area contributed by atoms with Crippen molar-refractivity contribution in [3.63, 3.8) is 0 Å². The van der Waals surface area contributed by atoms with Gasteiger partial charge in [0.15, 0.2) is 0 Å². The van der Waals surface area contributed by atoms with E-state index in [-0.39, 0.29) is 6.10 Å². The van der Waals surface area contributed by atoms with Crippen molar-refractivity contribution >= 4 is 5.82 Å². The lowest BCUT2D eigenvalue weighted by Gasteiger charge is -2.07. The zero-order chi connectivity index (χ0) is 11.1. The van der Waals surface area contributed by atoms with E-state index in [4.69, 9.17) is 4.74 Å². The molecule has 0 radical (unpaired) electrons. The third-order valence-electron chi connectivity index (χ3n) is 1.83. The fourth-order valence-corrected chi connectivity index (χ4v) is 1.03. The summed E-state index contributed by atoms with van der Waals surface area (Å²) in [6.07, 6.45) is 4.80. The van der Waals surface area contributed by atoms with Gasteiger partial charge in [-0.3, -0.25) is 4.98 Å². The average molecular weight is 209 g/mol. The number of aromatic nitrogens is 2. The van der Waals surface area contributed by atoms with Crippen molar-refractivity contribution in [2.75, 3.05) is 11.9 Å². The number of hydrogen-bond acceptors (Lipinski definition) is 4. The molecule has 84 valence electrons. The summed E-state index contributed by atoms with van der Waals surface area (Å²) in [6, 6.07) is 0. The minimum absolute atomic E-state index is 0.227. The van der Waals surface area contributed by atoms with E-state index >= 15 is 0 Å². The Labute approximate surface area is 91.1 Å². The fourth-order valence-electron chi connectivity index (χ4n) is 1.03. The molecule has 4 nitrogen and oxygen atoms in total. The summed E-state index contributed by atoms with van der Waals surface area (Å²) < 4.78 is 5.43. The van der Waals surface area contributed by atoms with Crippen molar-refractivity contribution in [1.29, 1.82) is 0 Å². The predicted molar refractivity (Wildman–Crippen MR) is 60.7 cm³/mol. The number of hydrogen-bond donors (Lipinski definition) is 1. The van der Waals surface area contributed by atoms with Gasteiger partial charge < -0.3 is 10.1 Å². The molecule has 15 heavy (non-hydrogen) atoms. The molecule has 0 amide bonds. The number of nitrogens with one attached hydrogen (secondary N) is 1. The zero-order valence-corrected chi connectivity index (χ0v) is 9.66. The van der Waals surface area contributed by atoms with E-state index in [1.54, 1.807) is 12.4 Å². The Balaban J connectivity index is 2.41. The van der Waals surface area contributed by atoms with Gasteiger partial charge in [-0.05, 0) is 20.3 Å². The van der Waals surface area contributed by atoms with Crippen LogP contribution in [0.1, 0.15) is 32.9 Å². The van der Waals surface area contributed by atoms with Crippen LogP contribution in [0.15, 0.2) is 12.4 Å². The molecule has 4 heteroatoms. The van der Waals surface area contributed by atoms with Gasteiger partial charge in [-0.1, -0.05) is 6.92 Å².